The molecule has 0 aromatic carbocycles. The fourth-order valence-corrected chi connectivity index (χ4v) is 1.94. The molecule has 6 heteroatoms. The van der Waals surface area contributed by atoms with Gasteiger partial charge in [0.1, 0.15) is 5.92 Å². The van der Waals surface area contributed by atoms with Crippen molar-refractivity contribution in [1.29, 1.82) is 0 Å². The molecule has 0 aromatic rings. The van der Waals surface area contributed by atoms with Crippen LogP contribution in [0.25, 0.3) is 0 Å². The summed E-state index contributed by atoms with van der Waals surface area (Å²) in [5.74, 6) is -1.74. The number of amides is 1. The summed E-state index contributed by atoms with van der Waals surface area (Å²) in [7, 11) is 0. The molecule has 0 bridgehead atoms. The third-order valence-corrected chi connectivity index (χ3v) is 2.86. The number of rotatable bonds is 7. The van der Waals surface area contributed by atoms with Gasteiger partial charge in [0, 0.05) is 19.2 Å². The van der Waals surface area contributed by atoms with E-state index < -0.39 is 11.9 Å². The lowest BCUT2D eigenvalue weighted by atomic mass is 10.1. The molecule has 5 nitrogen and oxygen atoms in total. The van der Waals surface area contributed by atoms with Gasteiger partial charge in [0.15, 0.2) is 0 Å². The summed E-state index contributed by atoms with van der Waals surface area (Å²) in [6.45, 7) is 3.61. The second-order valence-electron chi connectivity index (χ2n) is 3.33. The van der Waals surface area contributed by atoms with Crippen molar-refractivity contribution in [2.45, 2.75) is 26.7 Å². The predicted octanol–water partition coefficient (Wildman–Crippen LogP) is 0.883. The van der Waals surface area contributed by atoms with E-state index in [-0.39, 0.29) is 11.0 Å². The standard InChI is InChI=1S/C10H17NO4S/c1-3-4-8(9(13)14)10(15)16-6-5-11-7(2)12/h8H,3-6H2,1-2H3,(H,11,12)(H,13,14). The lowest BCUT2D eigenvalue weighted by Crippen LogP contribution is -2.25. The lowest BCUT2D eigenvalue weighted by Gasteiger charge is -2.09. The van der Waals surface area contributed by atoms with Crippen LogP contribution in [-0.4, -0.2) is 34.4 Å². The molecule has 0 saturated carbocycles. The van der Waals surface area contributed by atoms with E-state index in [1.54, 1.807) is 0 Å². The smallest absolute Gasteiger partial charge is 0.314 e. The summed E-state index contributed by atoms with van der Waals surface area (Å²) in [5, 5.41) is 11.0. The molecular weight excluding hydrogens is 230 g/mol. The maximum atomic E-state index is 11.5. The number of carboxylic acids is 1. The molecule has 16 heavy (non-hydrogen) atoms. The molecule has 0 aliphatic heterocycles. The molecule has 92 valence electrons. The van der Waals surface area contributed by atoms with Crippen LogP contribution in [0.5, 0.6) is 0 Å². The number of carbonyl (C=O) groups is 3. The summed E-state index contributed by atoms with van der Waals surface area (Å²) in [4.78, 5) is 32.8. The first-order valence-electron chi connectivity index (χ1n) is 5.13. The second kappa shape index (κ2) is 8.15. The number of aliphatic carboxylic acids is 1. The highest BCUT2D eigenvalue weighted by Crippen LogP contribution is 2.16. The molecule has 0 heterocycles. The van der Waals surface area contributed by atoms with Gasteiger partial charge in [-0.15, -0.1) is 0 Å². The maximum Gasteiger partial charge on any atom is 0.314 e. The van der Waals surface area contributed by atoms with Gasteiger partial charge in [-0.1, -0.05) is 25.1 Å². The molecule has 1 atom stereocenters. The van der Waals surface area contributed by atoms with Gasteiger partial charge in [-0.2, -0.15) is 0 Å². The van der Waals surface area contributed by atoms with Crippen LogP contribution in [-0.2, 0) is 14.4 Å². The lowest BCUT2D eigenvalue weighted by molar-refractivity contribution is -0.144. The summed E-state index contributed by atoms with van der Waals surface area (Å²) in [5.41, 5.74) is 0. The zero-order valence-electron chi connectivity index (χ0n) is 9.49. The topological polar surface area (TPSA) is 83.5 Å². The maximum absolute atomic E-state index is 11.5. The Kier molecular flexibility index (Phi) is 7.62. The van der Waals surface area contributed by atoms with E-state index in [4.69, 9.17) is 5.11 Å². The minimum Gasteiger partial charge on any atom is -0.481 e. The number of carbonyl (C=O) groups excluding carboxylic acids is 2. The molecule has 0 fully saturated rings. The number of thioether (sulfide) groups is 1. The molecule has 0 spiro atoms. The molecular formula is C10H17NO4S. The highest BCUT2D eigenvalue weighted by atomic mass is 32.2. The van der Waals surface area contributed by atoms with Gasteiger partial charge in [0.2, 0.25) is 11.0 Å². The third kappa shape index (κ3) is 6.44. The average Bonchev–Trinajstić information content (AvgIpc) is 2.19. The number of carboxylic acid groups (broad SMARTS) is 1. The van der Waals surface area contributed by atoms with Gasteiger partial charge in [-0.25, -0.2) is 0 Å². The molecule has 0 radical (unpaired) electrons. The first-order valence-corrected chi connectivity index (χ1v) is 6.11. The Balaban J connectivity index is 3.92. The van der Waals surface area contributed by atoms with Crippen molar-refractivity contribution in [3.8, 4) is 0 Å². The molecule has 1 amide bonds. The highest BCUT2D eigenvalue weighted by molar-refractivity contribution is 8.13. The minimum absolute atomic E-state index is 0.156. The quantitative estimate of drug-likeness (QED) is 0.515. The van der Waals surface area contributed by atoms with Crippen molar-refractivity contribution in [3.63, 3.8) is 0 Å². The third-order valence-electron chi connectivity index (χ3n) is 1.88. The zero-order chi connectivity index (χ0) is 12.6. The van der Waals surface area contributed by atoms with Gasteiger partial charge in [-0.05, 0) is 6.42 Å². The fourth-order valence-electron chi connectivity index (χ4n) is 1.11. The first-order chi connectivity index (χ1) is 7.49. The zero-order valence-corrected chi connectivity index (χ0v) is 10.3. The van der Waals surface area contributed by atoms with Gasteiger partial charge in [0.25, 0.3) is 0 Å². The van der Waals surface area contributed by atoms with Gasteiger partial charge in [-0.3, -0.25) is 14.4 Å². The van der Waals surface area contributed by atoms with E-state index in [9.17, 15) is 14.4 Å². The molecule has 0 aliphatic rings. The number of hydrogen-bond acceptors (Lipinski definition) is 4. The van der Waals surface area contributed by atoms with Crippen LogP contribution in [0, 0.1) is 5.92 Å². The van der Waals surface area contributed by atoms with Crippen molar-refractivity contribution < 1.29 is 19.5 Å². The Bertz CT molecular complexity index is 268. The van der Waals surface area contributed by atoms with Crippen LogP contribution in [0.15, 0.2) is 0 Å². The van der Waals surface area contributed by atoms with E-state index in [1.165, 1.54) is 6.92 Å². The predicted molar refractivity (Wildman–Crippen MR) is 62.2 cm³/mol. The second-order valence-corrected chi connectivity index (χ2v) is 4.43. The van der Waals surface area contributed by atoms with Crippen LogP contribution in [0.3, 0.4) is 0 Å². The van der Waals surface area contributed by atoms with Crippen molar-refractivity contribution in [1.82, 2.24) is 5.32 Å². The van der Waals surface area contributed by atoms with E-state index in [0.717, 1.165) is 11.8 Å². The molecule has 0 saturated heterocycles. The number of hydrogen-bond donors (Lipinski definition) is 2. The van der Waals surface area contributed by atoms with Crippen molar-refractivity contribution in [3.05, 3.63) is 0 Å². The average molecular weight is 247 g/mol. The van der Waals surface area contributed by atoms with Crippen molar-refractivity contribution in [2.75, 3.05) is 12.3 Å². The SMILES string of the molecule is CCCC(C(=O)O)C(=O)SCCNC(C)=O. The minimum atomic E-state index is -1.07. The number of nitrogens with one attached hydrogen (secondary N) is 1. The van der Waals surface area contributed by atoms with Gasteiger partial charge >= 0.3 is 5.97 Å². The van der Waals surface area contributed by atoms with Gasteiger partial charge in [0.05, 0.1) is 0 Å². The molecule has 0 aromatic heterocycles. The monoisotopic (exact) mass is 247 g/mol. The van der Waals surface area contributed by atoms with E-state index >= 15 is 0 Å². The molecule has 0 aliphatic carbocycles. The Hall–Kier alpha value is -1.04. The largest absolute Gasteiger partial charge is 0.481 e. The van der Waals surface area contributed by atoms with E-state index in [2.05, 4.69) is 5.32 Å². The summed E-state index contributed by atoms with van der Waals surface area (Å²) in [6.07, 6.45) is 1.02. The summed E-state index contributed by atoms with van der Waals surface area (Å²) >= 11 is 0.960. The van der Waals surface area contributed by atoms with Crippen molar-refractivity contribution in [2.24, 2.45) is 5.92 Å². The fraction of sp³-hybridized carbons (Fsp3) is 0.700. The normalized spacial score (nSPS) is 11.9. The van der Waals surface area contributed by atoms with Crippen LogP contribution >= 0.6 is 11.8 Å². The van der Waals surface area contributed by atoms with Crippen molar-refractivity contribution >= 4 is 28.8 Å². The first kappa shape index (κ1) is 15.0. The van der Waals surface area contributed by atoms with E-state index in [0.29, 0.717) is 25.1 Å². The van der Waals surface area contributed by atoms with Crippen LogP contribution < -0.4 is 5.32 Å². The molecule has 0 rings (SSSR count). The Morgan fingerprint density at radius 3 is 2.44 bits per heavy atom. The van der Waals surface area contributed by atoms with Crippen LogP contribution in [0.2, 0.25) is 0 Å². The molecule has 2 N–H and O–H groups in total. The molecule has 1 unspecified atom stereocenters. The van der Waals surface area contributed by atoms with E-state index in [1.807, 2.05) is 6.92 Å². The Morgan fingerprint density at radius 2 is 2.00 bits per heavy atom. The summed E-state index contributed by atoms with van der Waals surface area (Å²) in [6, 6.07) is 0. The van der Waals surface area contributed by atoms with Crippen LogP contribution in [0.4, 0.5) is 0 Å². The summed E-state index contributed by atoms with van der Waals surface area (Å²) < 4.78 is 0. The highest BCUT2D eigenvalue weighted by Gasteiger charge is 2.24. The Labute approximate surface area is 99.0 Å². The van der Waals surface area contributed by atoms with Crippen LogP contribution in [0.1, 0.15) is 26.7 Å². The van der Waals surface area contributed by atoms with Gasteiger partial charge < -0.3 is 10.4 Å². The Morgan fingerprint density at radius 1 is 1.38 bits per heavy atom.